The second-order valence-corrected chi connectivity index (χ2v) is 7.96. The molecule has 3 N–H and O–H groups in total. The first kappa shape index (κ1) is 16.4. The van der Waals surface area contributed by atoms with Crippen molar-refractivity contribution in [3.05, 3.63) is 59.2 Å². The lowest BCUT2D eigenvalue weighted by Gasteiger charge is -2.04. The van der Waals surface area contributed by atoms with Gasteiger partial charge in [-0.15, -0.1) is 11.3 Å². The number of unbranched alkanes of at least 4 members (excludes halogenated alkanes) is 1. The van der Waals surface area contributed by atoms with E-state index < -0.39 is 0 Å². The van der Waals surface area contributed by atoms with Crippen LogP contribution in [0.15, 0.2) is 42.5 Å². The van der Waals surface area contributed by atoms with E-state index in [0.29, 0.717) is 0 Å². The molecule has 0 radical (unpaired) electrons. The van der Waals surface area contributed by atoms with Gasteiger partial charge >= 0.3 is 0 Å². The van der Waals surface area contributed by atoms with Gasteiger partial charge in [0.2, 0.25) is 0 Å². The van der Waals surface area contributed by atoms with Crippen LogP contribution in [0, 0.1) is 13.8 Å². The van der Waals surface area contributed by atoms with E-state index in [1.807, 2.05) is 11.3 Å². The molecule has 0 atom stereocenters. The maximum absolute atomic E-state index is 5.72. The van der Waals surface area contributed by atoms with Crippen LogP contribution >= 0.6 is 11.3 Å². The highest BCUT2D eigenvalue weighted by Gasteiger charge is 2.16. The minimum atomic E-state index is 0.763. The number of thiophene rings is 1. The monoisotopic (exact) mass is 348 g/mol. The van der Waals surface area contributed by atoms with E-state index >= 15 is 0 Å². The molecule has 4 rings (SSSR count). The second kappa shape index (κ2) is 6.66. The van der Waals surface area contributed by atoms with Gasteiger partial charge in [-0.3, -0.25) is 0 Å². The largest absolute Gasteiger partial charge is 0.353 e. The Bertz CT molecular complexity index is 1010. The third-order valence-electron chi connectivity index (χ3n) is 4.91. The van der Waals surface area contributed by atoms with Crippen molar-refractivity contribution in [2.75, 3.05) is 6.54 Å². The van der Waals surface area contributed by atoms with Gasteiger partial charge in [0.25, 0.3) is 0 Å². The molecule has 0 amide bonds. The molecular formula is C22H24N2S. The summed E-state index contributed by atoms with van der Waals surface area (Å²) in [7, 11) is 0. The molecule has 25 heavy (non-hydrogen) atoms. The maximum atomic E-state index is 5.72. The highest BCUT2D eigenvalue weighted by molar-refractivity contribution is 7.22. The molecule has 0 bridgehead atoms. The Hall–Kier alpha value is -2.10. The lowest BCUT2D eigenvalue weighted by molar-refractivity contribution is 0.748. The minimum Gasteiger partial charge on any atom is -0.353 e. The van der Waals surface area contributed by atoms with Gasteiger partial charge in [-0.1, -0.05) is 29.8 Å². The average molecular weight is 349 g/mol. The van der Waals surface area contributed by atoms with Crippen molar-refractivity contribution in [2.45, 2.75) is 33.1 Å². The molecule has 0 aliphatic carbocycles. The first-order valence-electron chi connectivity index (χ1n) is 8.98. The molecule has 0 aliphatic rings. The van der Waals surface area contributed by atoms with Crippen molar-refractivity contribution in [3.8, 4) is 10.6 Å². The Morgan fingerprint density at radius 3 is 2.68 bits per heavy atom. The Morgan fingerprint density at radius 2 is 1.88 bits per heavy atom. The predicted octanol–water partition coefficient (Wildman–Crippen LogP) is 5.95. The zero-order chi connectivity index (χ0) is 17.4. The minimum absolute atomic E-state index is 0.763. The number of hydrogen-bond donors (Lipinski definition) is 2. The number of H-pyrrole nitrogens is 1. The summed E-state index contributed by atoms with van der Waals surface area (Å²) >= 11 is 1.87. The fourth-order valence-corrected chi connectivity index (χ4v) is 4.82. The SMILES string of the molecule is Cc1cc(C)c2[nH]c(-c3cc4ccccc4s3)c(CCCCN)c2c1. The number of nitrogens with two attached hydrogens (primary N) is 1. The summed E-state index contributed by atoms with van der Waals surface area (Å²) in [4.78, 5) is 5.07. The Labute approximate surface area is 152 Å². The van der Waals surface area contributed by atoms with Crippen LogP contribution in [0.25, 0.3) is 31.6 Å². The zero-order valence-corrected chi connectivity index (χ0v) is 15.7. The van der Waals surface area contributed by atoms with Crippen LogP contribution in [-0.2, 0) is 6.42 Å². The van der Waals surface area contributed by atoms with Gasteiger partial charge in [0.15, 0.2) is 0 Å². The zero-order valence-electron chi connectivity index (χ0n) is 14.9. The standard InChI is InChI=1S/C22H24N2S/c1-14-11-15(2)21-18(12-14)17(8-5-6-10-23)22(24-21)20-13-16-7-3-4-9-19(16)25-20/h3-4,7,9,11-13,24H,5-6,8,10,23H2,1-2H3. The van der Waals surface area contributed by atoms with Gasteiger partial charge < -0.3 is 10.7 Å². The Balaban J connectivity index is 1.91. The summed E-state index contributed by atoms with van der Waals surface area (Å²) in [5, 5.41) is 2.70. The number of benzene rings is 2. The topological polar surface area (TPSA) is 41.8 Å². The summed E-state index contributed by atoms with van der Waals surface area (Å²) in [6.07, 6.45) is 3.28. The molecule has 2 heterocycles. The van der Waals surface area contributed by atoms with Crippen molar-refractivity contribution in [1.29, 1.82) is 0 Å². The maximum Gasteiger partial charge on any atom is 0.0599 e. The van der Waals surface area contributed by atoms with E-state index in [2.05, 4.69) is 61.3 Å². The lowest BCUT2D eigenvalue weighted by Crippen LogP contribution is -1.99. The summed E-state index contributed by atoms with van der Waals surface area (Å²) in [6, 6.07) is 15.5. The van der Waals surface area contributed by atoms with Crippen LogP contribution in [0.1, 0.15) is 29.5 Å². The molecule has 3 heteroatoms. The van der Waals surface area contributed by atoms with Gasteiger partial charge in [-0.25, -0.2) is 0 Å². The number of fused-ring (bicyclic) bond motifs is 2. The number of rotatable bonds is 5. The molecule has 2 aromatic heterocycles. The lowest BCUT2D eigenvalue weighted by atomic mass is 10.0. The van der Waals surface area contributed by atoms with Crippen molar-refractivity contribution >= 4 is 32.3 Å². The number of nitrogens with one attached hydrogen (secondary N) is 1. The number of aryl methyl sites for hydroxylation is 3. The van der Waals surface area contributed by atoms with Crippen LogP contribution in [0.3, 0.4) is 0 Å². The van der Waals surface area contributed by atoms with Gasteiger partial charge in [-0.05, 0) is 74.4 Å². The normalized spacial score (nSPS) is 11.6. The van der Waals surface area contributed by atoms with Gasteiger partial charge in [0.1, 0.15) is 0 Å². The quantitative estimate of drug-likeness (QED) is 0.430. The highest BCUT2D eigenvalue weighted by atomic mass is 32.1. The molecule has 4 aromatic rings. The molecule has 0 fully saturated rings. The second-order valence-electron chi connectivity index (χ2n) is 6.88. The first-order valence-corrected chi connectivity index (χ1v) is 9.80. The van der Waals surface area contributed by atoms with E-state index in [-0.39, 0.29) is 0 Å². The van der Waals surface area contributed by atoms with E-state index in [9.17, 15) is 0 Å². The van der Waals surface area contributed by atoms with Crippen molar-refractivity contribution in [2.24, 2.45) is 5.73 Å². The fourth-order valence-electron chi connectivity index (χ4n) is 3.73. The summed E-state index contributed by atoms with van der Waals surface area (Å²) in [6.45, 7) is 5.14. The Morgan fingerprint density at radius 1 is 1.04 bits per heavy atom. The smallest absolute Gasteiger partial charge is 0.0599 e. The van der Waals surface area contributed by atoms with E-state index in [1.165, 1.54) is 48.3 Å². The van der Waals surface area contributed by atoms with Crippen molar-refractivity contribution < 1.29 is 0 Å². The van der Waals surface area contributed by atoms with Crippen LogP contribution in [0.2, 0.25) is 0 Å². The molecule has 2 nitrogen and oxygen atoms in total. The molecule has 0 spiro atoms. The fraction of sp³-hybridized carbons (Fsp3) is 0.273. The Kier molecular flexibility index (Phi) is 4.36. The van der Waals surface area contributed by atoms with Gasteiger partial charge in [0.05, 0.1) is 10.6 Å². The predicted molar refractivity (Wildman–Crippen MR) is 111 cm³/mol. The average Bonchev–Trinajstić information content (AvgIpc) is 3.17. The van der Waals surface area contributed by atoms with Crippen LogP contribution in [-0.4, -0.2) is 11.5 Å². The van der Waals surface area contributed by atoms with Crippen LogP contribution in [0.4, 0.5) is 0 Å². The van der Waals surface area contributed by atoms with E-state index in [1.54, 1.807) is 0 Å². The highest BCUT2D eigenvalue weighted by Crippen LogP contribution is 2.39. The van der Waals surface area contributed by atoms with Crippen molar-refractivity contribution in [3.63, 3.8) is 0 Å². The third-order valence-corrected chi connectivity index (χ3v) is 6.04. The molecule has 0 aliphatic heterocycles. The number of hydrogen-bond acceptors (Lipinski definition) is 2. The van der Waals surface area contributed by atoms with Crippen molar-refractivity contribution in [1.82, 2.24) is 4.98 Å². The van der Waals surface area contributed by atoms with Gasteiger partial charge in [-0.2, -0.15) is 0 Å². The van der Waals surface area contributed by atoms with E-state index in [4.69, 9.17) is 5.73 Å². The summed E-state index contributed by atoms with van der Waals surface area (Å²) in [5.41, 5.74) is 12.4. The molecular weight excluding hydrogens is 324 g/mol. The summed E-state index contributed by atoms with van der Waals surface area (Å²) < 4.78 is 1.34. The summed E-state index contributed by atoms with van der Waals surface area (Å²) in [5.74, 6) is 0. The molecule has 2 aromatic carbocycles. The van der Waals surface area contributed by atoms with Gasteiger partial charge in [0, 0.05) is 15.6 Å². The van der Waals surface area contributed by atoms with Crippen LogP contribution < -0.4 is 5.73 Å². The molecule has 0 saturated carbocycles. The van der Waals surface area contributed by atoms with Crippen LogP contribution in [0.5, 0.6) is 0 Å². The molecule has 0 saturated heterocycles. The third kappa shape index (κ3) is 2.99. The first-order chi connectivity index (χ1) is 12.2. The van der Waals surface area contributed by atoms with E-state index in [0.717, 1.165) is 25.8 Å². The number of aromatic nitrogens is 1. The molecule has 128 valence electrons. The number of aromatic amines is 1. The molecule has 0 unspecified atom stereocenters.